The van der Waals surface area contributed by atoms with Crippen LogP contribution in [0.25, 0.3) is 10.9 Å². The standard InChI is InChI=1S/C18H24N2O3/c1-5-7-12(3)19-18(22)15-11-20(4)16-9-8-13(23-6-2)10-14(16)17(15)21/h8-12H,5-7H2,1-4H3,(H,19,22). The molecule has 5 nitrogen and oxygen atoms in total. The predicted molar refractivity (Wildman–Crippen MR) is 92.2 cm³/mol. The molecule has 0 spiro atoms. The van der Waals surface area contributed by atoms with Crippen LogP contribution in [-0.4, -0.2) is 23.1 Å². The zero-order valence-electron chi connectivity index (χ0n) is 14.2. The summed E-state index contributed by atoms with van der Waals surface area (Å²) < 4.78 is 7.25. The molecule has 1 N–H and O–H groups in total. The number of aryl methyl sites for hydroxylation is 1. The van der Waals surface area contributed by atoms with Crippen molar-refractivity contribution >= 4 is 16.8 Å². The largest absolute Gasteiger partial charge is 0.494 e. The first kappa shape index (κ1) is 17.1. The fourth-order valence-electron chi connectivity index (χ4n) is 2.70. The summed E-state index contributed by atoms with van der Waals surface area (Å²) in [6, 6.07) is 5.41. The average molecular weight is 316 g/mol. The molecule has 1 unspecified atom stereocenters. The maximum absolute atomic E-state index is 12.7. The number of pyridine rings is 1. The van der Waals surface area contributed by atoms with E-state index in [1.54, 1.807) is 16.8 Å². The highest BCUT2D eigenvalue weighted by molar-refractivity contribution is 5.97. The number of carbonyl (C=O) groups excluding carboxylic acids is 1. The van der Waals surface area contributed by atoms with E-state index in [2.05, 4.69) is 12.2 Å². The zero-order valence-corrected chi connectivity index (χ0v) is 14.2. The first-order chi connectivity index (χ1) is 11.0. The summed E-state index contributed by atoms with van der Waals surface area (Å²) in [5.41, 5.74) is 0.675. The van der Waals surface area contributed by atoms with E-state index >= 15 is 0 Å². The molecule has 0 aliphatic heterocycles. The minimum atomic E-state index is -0.324. The summed E-state index contributed by atoms with van der Waals surface area (Å²) in [5.74, 6) is 0.310. The second-order valence-corrected chi connectivity index (χ2v) is 5.76. The minimum absolute atomic E-state index is 0.0441. The van der Waals surface area contributed by atoms with Crippen LogP contribution >= 0.6 is 0 Å². The van der Waals surface area contributed by atoms with Gasteiger partial charge in [-0.05, 0) is 38.5 Å². The Balaban J connectivity index is 2.46. The van der Waals surface area contributed by atoms with Gasteiger partial charge >= 0.3 is 0 Å². The third-order valence-corrected chi connectivity index (χ3v) is 3.81. The van der Waals surface area contributed by atoms with E-state index < -0.39 is 0 Å². The smallest absolute Gasteiger partial charge is 0.256 e. The number of nitrogens with one attached hydrogen (secondary N) is 1. The molecule has 0 radical (unpaired) electrons. The fourth-order valence-corrected chi connectivity index (χ4v) is 2.70. The number of ether oxygens (including phenoxy) is 1. The van der Waals surface area contributed by atoms with E-state index in [9.17, 15) is 9.59 Å². The normalized spacial score (nSPS) is 12.2. The molecule has 0 saturated carbocycles. The van der Waals surface area contributed by atoms with Crippen molar-refractivity contribution < 1.29 is 9.53 Å². The highest BCUT2D eigenvalue weighted by Crippen LogP contribution is 2.18. The summed E-state index contributed by atoms with van der Waals surface area (Å²) in [7, 11) is 1.83. The van der Waals surface area contributed by atoms with Crippen LogP contribution < -0.4 is 15.5 Å². The van der Waals surface area contributed by atoms with Crippen LogP contribution in [0, 0.1) is 0 Å². The highest BCUT2D eigenvalue weighted by atomic mass is 16.5. The van der Waals surface area contributed by atoms with Gasteiger partial charge in [-0.3, -0.25) is 9.59 Å². The molecule has 0 saturated heterocycles. The van der Waals surface area contributed by atoms with Crippen LogP contribution in [0.5, 0.6) is 5.75 Å². The number of carbonyl (C=O) groups is 1. The van der Waals surface area contributed by atoms with Crippen LogP contribution in [-0.2, 0) is 7.05 Å². The summed E-state index contributed by atoms with van der Waals surface area (Å²) >= 11 is 0. The number of amides is 1. The van der Waals surface area contributed by atoms with Gasteiger partial charge in [-0.15, -0.1) is 0 Å². The van der Waals surface area contributed by atoms with Crippen molar-refractivity contribution in [3.8, 4) is 5.75 Å². The quantitative estimate of drug-likeness (QED) is 0.891. The van der Waals surface area contributed by atoms with Gasteiger partial charge in [0, 0.05) is 19.3 Å². The van der Waals surface area contributed by atoms with Crippen molar-refractivity contribution in [3.05, 3.63) is 40.2 Å². The van der Waals surface area contributed by atoms with Gasteiger partial charge in [0.05, 0.1) is 17.5 Å². The number of hydrogen-bond donors (Lipinski definition) is 1. The molecule has 5 heteroatoms. The second kappa shape index (κ2) is 7.31. The Labute approximate surface area is 136 Å². The number of aromatic nitrogens is 1. The molecular formula is C18H24N2O3. The average Bonchev–Trinajstić information content (AvgIpc) is 2.51. The Morgan fingerprint density at radius 3 is 2.74 bits per heavy atom. The molecule has 1 aromatic carbocycles. The molecule has 0 bridgehead atoms. The first-order valence-corrected chi connectivity index (χ1v) is 8.05. The summed E-state index contributed by atoms with van der Waals surface area (Å²) in [6.45, 7) is 6.43. The molecule has 1 aromatic heterocycles. The molecule has 1 heterocycles. The van der Waals surface area contributed by atoms with Crippen molar-refractivity contribution in [2.24, 2.45) is 7.05 Å². The van der Waals surface area contributed by atoms with Crippen molar-refractivity contribution in [2.45, 2.75) is 39.7 Å². The van der Waals surface area contributed by atoms with E-state index in [-0.39, 0.29) is 22.9 Å². The molecule has 1 atom stereocenters. The fraction of sp³-hybridized carbons (Fsp3) is 0.444. The van der Waals surface area contributed by atoms with E-state index in [0.29, 0.717) is 17.7 Å². The van der Waals surface area contributed by atoms with Gasteiger partial charge in [-0.2, -0.15) is 0 Å². The Hall–Kier alpha value is -2.30. The van der Waals surface area contributed by atoms with Gasteiger partial charge < -0.3 is 14.6 Å². The number of fused-ring (bicyclic) bond motifs is 1. The molecule has 23 heavy (non-hydrogen) atoms. The van der Waals surface area contributed by atoms with Crippen molar-refractivity contribution in [3.63, 3.8) is 0 Å². The molecule has 0 aliphatic rings. The molecule has 2 aromatic rings. The van der Waals surface area contributed by atoms with Gasteiger partial charge in [0.25, 0.3) is 5.91 Å². The zero-order chi connectivity index (χ0) is 17.0. The monoisotopic (exact) mass is 316 g/mol. The van der Waals surface area contributed by atoms with Crippen molar-refractivity contribution in [2.75, 3.05) is 6.61 Å². The minimum Gasteiger partial charge on any atom is -0.494 e. The van der Waals surface area contributed by atoms with Crippen LogP contribution in [0.1, 0.15) is 44.0 Å². The second-order valence-electron chi connectivity index (χ2n) is 5.76. The van der Waals surface area contributed by atoms with Crippen LogP contribution in [0.2, 0.25) is 0 Å². The topological polar surface area (TPSA) is 60.3 Å². The summed E-state index contributed by atoms with van der Waals surface area (Å²) in [4.78, 5) is 25.1. The molecule has 124 valence electrons. The molecule has 0 aliphatic carbocycles. The lowest BCUT2D eigenvalue weighted by molar-refractivity contribution is 0.0936. The summed E-state index contributed by atoms with van der Waals surface area (Å²) in [6.07, 6.45) is 3.46. The third-order valence-electron chi connectivity index (χ3n) is 3.81. The van der Waals surface area contributed by atoms with Gasteiger partial charge in [0.1, 0.15) is 11.3 Å². The van der Waals surface area contributed by atoms with Gasteiger partial charge in [-0.25, -0.2) is 0 Å². The van der Waals surface area contributed by atoms with E-state index in [0.717, 1.165) is 18.4 Å². The van der Waals surface area contributed by atoms with Gasteiger partial charge in [0.2, 0.25) is 5.43 Å². The lowest BCUT2D eigenvalue weighted by Crippen LogP contribution is -2.35. The van der Waals surface area contributed by atoms with Crippen molar-refractivity contribution in [1.29, 1.82) is 0 Å². The number of hydrogen-bond acceptors (Lipinski definition) is 3. The third kappa shape index (κ3) is 3.73. The van der Waals surface area contributed by atoms with Crippen LogP contribution in [0.3, 0.4) is 0 Å². The molecule has 1 amide bonds. The lowest BCUT2D eigenvalue weighted by Gasteiger charge is -2.14. The molecule has 0 fully saturated rings. The number of rotatable bonds is 6. The Morgan fingerprint density at radius 1 is 1.35 bits per heavy atom. The van der Waals surface area contributed by atoms with E-state index in [4.69, 9.17) is 4.74 Å². The SMILES string of the molecule is CCCC(C)NC(=O)c1cn(C)c2ccc(OCC)cc2c1=O. The summed E-state index contributed by atoms with van der Waals surface area (Å²) in [5, 5.41) is 3.38. The first-order valence-electron chi connectivity index (χ1n) is 8.05. The predicted octanol–water partition coefficient (Wildman–Crippen LogP) is 2.86. The maximum atomic E-state index is 12.7. The van der Waals surface area contributed by atoms with Crippen LogP contribution in [0.15, 0.2) is 29.2 Å². The Bertz CT molecular complexity index is 765. The highest BCUT2D eigenvalue weighted by Gasteiger charge is 2.16. The lowest BCUT2D eigenvalue weighted by atomic mass is 10.1. The molecular weight excluding hydrogens is 292 g/mol. The van der Waals surface area contributed by atoms with Gasteiger partial charge in [-0.1, -0.05) is 13.3 Å². The Morgan fingerprint density at radius 2 is 2.09 bits per heavy atom. The maximum Gasteiger partial charge on any atom is 0.256 e. The Kier molecular flexibility index (Phi) is 5.42. The number of nitrogens with zero attached hydrogens (tertiary/aromatic N) is 1. The molecule has 2 rings (SSSR count). The van der Waals surface area contributed by atoms with Crippen molar-refractivity contribution in [1.82, 2.24) is 9.88 Å². The van der Waals surface area contributed by atoms with Gasteiger partial charge in [0.15, 0.2) is 0 Å². The van der Waals surface area contributed by atoms with E-state index in [1.165, 1.54) is 0 Å². The van der Waals surface area contributed by atoms with Crippen LogP contribution in [0.4, 0.5) is 0 Å². The number of benzene rings is 1. The van der Waals surface area contributed by atoms with E-state index in [1.807, 2.05) is 33.0 Å².